The molecular weight excluding hydrogens is 230 g/mol. The first-order chi connectivity index (χ1) is 8.65. The second-order valence-corrected chi connectivity index (χ2v) is 5.03. The third-order valence-corrected chi connectivity index (χ3v) is 3.52. The molecule has 0 aliphatic heterocycles. The summed E-state index contributed by atoms with van der Waals surface area (Å²) in [5.74, 6) is 0. The van der Waals surface area contributed by atoms with Gasteiger partial charge in [-0.3, -0.25) is 0 Å². The molecule has 0 saturated heterocycles. The van der Waals surface area contributed by atoms with Crippen LogP contribution in [0.4, 0.5) is 11.7 Å². The summed E-state index contributed by atoms with van der Waals surface area (Å²) in [5.41, 5.74) is 7.15. The van der Waals surface area contributed by atoms with Gasteiger partial charge in [0.05, 0.1) is 5.60 Å². The number of nitrogen functional groups attached to an aromatic ring is 1. The van der Waals surface area contributed by atoms with Crippen LogP contribution < -0.4 is 11.1 Å². The first-order valence-corrected chi connectivity index (χ1v) is 6.27. The van der Waals surface area contributed by atoms with E-state index >= 15 is 0 Å². The average molecular weight is 247 g/mol. The molecule has 0 amide bonds. The maximum Gasteiger partial charge on any atom is 0.295 e. The molecule has 0 radical (unpaired) electrons. The van der Waals surface area contributed by atoms with E-state index in [1.165, 1.54) is 0 Å². The van der Waals surface area contributed by atoms with Gasteiger partial charge in [0.25, 0.3) is 6.01 Å². The fourth-order valence-corrected chi connectivity index (χ4v) is 2.47. The van der Waals surface area contributed by atoms with E-state index < -0.39 is 5.60 Å². The highest BCUT2D eigenvalue weighted by atomic mass is 16.4. The molecular formula is C13H17N3O2. The Labute approximate surface area is 105 Å². The van der Waals surface area contributed by atoms with Crippen LogP contribution in [0, 0.1) is 0 Å². The van der Waals surface area contributed by atoms with Gasteiger partial charge in [-0.1, -0.05) is 12.8 Å². The Hall–Kier alpha value is -1.75. The maximum atomic E-state index is 10.2. The number of anilines is 2. The minimum atomic E-state index is -0.611. The number of benzene rings is 1. The number of rotatable bonds is 3. The van der Waals surface area contributed by atoms with E-state index in [1.807, 2.05) is 6.07 Å². The smallest absolute Gasteiger partial charge is 0.295 e. The topological polar surface area (TPSA) is 84.3 Å². The predicted molar refractivity (Wildman–Crippen MR) is 70.3 cm³/mol. The van der Waals surface area contributed by atoms with Gasteiger partial charge >= 0.3 is 0 Å². The van der Waals surface area contributed by atoms with Crippen molar-refractivity contribution < 1.29 is 9.52 Å². The molecule has 2 aromatic rings. The molecule has 3 rings (SSSR count). The molecule has 1 fully saturated rings. The summed E-state index contributed by atoms with van der Waals surface area (Å²) in [5, 5.41) is 13.3. The first-order valence-electron chi connectivity index (χ1n) is 6.27. The molecule has 1 aliphatic carbocycles. The lowest BCUT2D eigenvalue weighted by Crippen LogP contribution is -2.33. The van der Waals surface area contributed by atoms with Crippen LogP contribution >= 0.6 is 0 Å². The zero-order chi connectivity index (χ0) is 12.6. The van der Waals surface area contributed by atoms with E-state index in [0.717, 1.165) is 31.2 Å². The number of fused-ring (bicyclic) bond motifs is 1. The minimum absolute atomic E-state index is 0.441. The van der Waals surface area contributed by atoms with Gasteiger partial charge in [0.15, 0.2) is 5.58 Å². The molecule has 0 bridgehead atoms. The van der Waals surface area contributed by atoms with E-state index in [2.05, 4.69) is 10.3 Å². The summed E-state index contributed by atoms with van der Waals surface area (Å²) in [6, 6.07) is 5.80. The van der Waals surface area contributed by atoms with Crippen LogP contribution in [0.3, 0.4) is 0 Å². The van der Waals surface area contributed by atoms with E-state index in [9.17, 15) is 5.11 Å². The van der Waals surface area contributed by atoms with Gasteiger partial charge in [-0.05, 0) is 25.0 Å². The normalized spacial score (nSPS) is 18.3. The highest BCUT2D eigenvalue weighted by Gasteiger charge is 2.31. The standard InChI is InChI=1S/C13H17N3O2/c14-9-3-4-10-11(7-9)18-12(16-10)15-8-13(17)5-1-2-6-13/h3-4,7,17H,1-2,5-6,8,14H2,(H,15,16). The zero-order valence-corrected chi connectivity index (χ0v) is 10.1. The third-order valence-electron chi connectivity index (χ3n) is 3.52. The summed E-state index contributed by atoms with van der Waals surface area (Å²) in [6.45, 7) is 0.481. The van der Waals surface area contributed by atoms with Crippen LogP contribution in [-0.4, -0.2) is 22.2 Å². The molecule has 1 heterocycles. The molecule has 0 atom stereocenters. The molecule has 1 aromatic heterocycles. The number of aromatic nitrogens is 1. The second-order valence-electron chi connectivity index (χ2n) is 5.03. The Balaban J connectivity index is 1.74. The molecule has 0 unspecified atom stereocenters. The Morgan fingerprint density at radius 2 is 2.17 bits per heavy atom. The first kappa shape index (κ1) is 11.3. The monoisotopic (exact) mass is 247 g/mol. The van der Waals surface area contributed by atoms with Crippen LogP contribution in [0.5, 0.6) is 0 Å². The largest absolute Gasteiger partial charge is 0.423 e. The predicted octanol–water partition coefficient (Wildman–Crippen LogP) is 2.13. The lowest BCUT2D eigenvalue weighted by atomic mass is 10.0. The fourth-order valence-electron chi connectivity index (χ4n) is 2.47. The number of nitrogens with two attached hydrogens (primary N) is 1. The van der Waals surface area contributed by atoms with E-state index in [0.29, 0.717) is 23.8 Å². The van der Waals surface area contributed by atoms with Crippen molar-refractivity contribution in [1.29, 1.82) is 0 Å². The molecule has 1 aliphatic rings. The molecule has 18 heavy (non-hydrogen) atoms. The summed E-state index contributed by atoms with van der Waals surface area (Å²) in [4.78, 5) is 4.30. The fraction of sp³-hybridized carbons (Fsp3) is 0.462. The molecule has 1 aromatic carbocycles. The van der Waals surface area contributed by atoms with Crippen molar-refractivity contribution in [2.24, 2.45) is 0 Å². The Morgan fingerprint density at radius 1 is 1.39 bits per heavy atom. The van der Waals surface area contributed by atoms with Crippen molar-refractivity contribution in [2.75, 3.05) is 17.6 Å². The number of hydrogen-bond acceptors (Lipinski definition) is 5. The van der Waals surface area contributed by atoms with Crippen LogP contribution in [0.15, 0.2) is 22.6 Å². The molecule has 5 heteroatoms. The van der Waals surface area contributed by atoms with Crippen molar-refractivity contribution >= 4 is 22.8 Å². The van der Waals surface area contributed by atoms with Gasteiger partial charge in [-0.15, -0.1) is 0 Å². The summed E-state index contributed by atoms with van der Waals surface area (Å²) in [6.07, 6.45) is 3.85. The lowest BCUT2D eigenvalue weighted by Gasteiger charge is -2.21. The van der Waals surface area contributed by atoms with Gasteiger partial charge in [0, 0.05) is 18.3 Å². The van der Waals surface area contributed by atoms with E-state index in [1.54, 1.807) is 12.1 Å². The van der Waals surface area contributed by atoms with Crippen molar-refractivity contribution in [3.8, 4) is 0 Å². The number of hydrogen-bond donors (Lipinski definition) is 3. The molecule has 1 saturated carbocycles. The van der Waals surface area contributed by atoms with Crippen LogP contribution in [0.1, 0.15) is 25.7 Å². The Morgan fingerprint density at radius 3 is 2.94 bits per heavy atom. The van der Waals surface area contributed by atoms with Gasteiger partial charge in [-0.2, -0.15) is 4.98 Å². The van der Waals surface area contributed by atoms with E-state index in [4.69, 9.17) is 10.2 Å². The average Bonchev–Trinajstić information content (AvgIpc) is 2.93. The number of nitrogens with one attached hydrogen (secondary N) is 1. The number of oxazole rings is 1. The SMILES string of the molecule is Nc1ccc2nc(NCC3(O)CCCC3)oc2c1. The Bertz CT molecular complexity index is 558. The quantitative estimate of drug-likeness (QED) is 0.723. The third kappa shape index (κ3) is 2.13. The van der Waals surface area contributed by atoms with Crippen molar-refractivity contribution in [3.05, 3.63) is 18.2 Å². The maximum absolute atomic E-state index is 10.2. The molecule has 0 spiro atoms. The molecule has 96 valence electrons. The van der Waals surface area contributed by atoms with Crippen LogP contribution in [0.2, 0.25) is 0 Å². The van der Waals surface area contributed by atoms with Crippen LogP contribution in [-0.2, 0) is 0 Å². The number of nitrogens with zero attached hydrogens (tertiary/aromatic N) is 1. The van der Waals surface area contributed by atoms with Gasteiger partial charge in [-0.25, -0.2) is 0 Å². The highest BCUT2D eigenvalue weighted by Crippen LogP contribution is 2.30. The van der Waals surface area contributed by atoms with E-state index in [-0.39, 0.29) is 0 Å². The van der Waals surface area contributed by atoms with Crippen molar-refractivity contribution in [2.45, 2.75) is 31.3 Å². The minimum Gasteiger partial charge on any atom is -0.423 e. The van der Waals surface area contributed by atoms with Crippen LogP contribution in [0.25, 0.3) is 11.1 Å². The summed E-state index contributed by atoms with van der Waals surface area (Å²) >= 11 is 0. The second kappa shape index (κ2) is 4.17. The van der Waals surface area contributed by atoms with Crippen molar-refractivity contribution in [3.63, 3.8) is 0 Å². The van der Waals surface area contributed by atoms with Crippen molar-refractivity contribution in [1.82, 2.24) is 4.98 Å². The van der Waals surface area contributed by atoms with Gasteiger partial charge in [0.2, 0.25) is 0 Å². The number of aliphatic hydroxyl groups is 1. The van der Waals surface area contributed by atoms with Gasteiger partial charge in [0.1, 0.15) is 5.52 Å². The molecule has 4 N–H and O–H groups in total. The Kier molecular flexibility index (Phi) is 2.63. The van der Waals surface area contributed by atoms with Gasteiger partial charge < -0.3 is 20.6 Å². The summed E-state index contributed by atoms with van der Waals surface area (Å²) in [7, 11) is 0. The molecule has 5 nitrogen and oxygen atoms in total. The lowest BCUT2D eigenvalue weighted by molar-refractivity contribution is 0.0609. The highest BCUT2D eigenvalue weighted by molar-refractivity contribution is 5.78. The zero-order valence-electron chi connectivity index (χ0n) is 10.1. The summed E-state index contributed by atoms with van der Waals surface area (Å²) < 4.78 is 5.54.